The van der Waals surface area contributed by atoms with E-state index in [0.29, 0.717) is 37.5 Å². The van der Waals surface area contributed by atoms with Gasteiger partial charge in [-0.1, -0.05) is 24.3 Å². The lowest BCUT2D eigenvalue weighted by Crippen LogP contribution is -2.57. The topological polar surface area (TPSA) is 69.7 Å². The van der Waals surface area contributed by atoms with Gasteiger partial charge in [0.25, 0.3) is 0 Å². The van der Waals surface area contributed by atoms with Crippen LogP contribution >= 0.6 is 0 Å². The van der Waals surface area contributed by atoms with Gasteiger partial charge in [0.1, 0.15) is 5.54 Å². The minimum absolute atomic E-state index is 0.0119. The first kappa shape index (κ1) is 20.9. The Hall–Kier alpha value is -2.38. The van der Waals surface area contributed by atoms with Gasteiger partial charge in [0.2, 0.25) is 15.9 Å². The smallest absolute Gasteiger partial charge is 0.247 e. The maximum Gasteiger partial charge on any atom is 0.247 e. The molecule has 1 spiro atoms. The Morgan fingerprint density at radius 3 is 2.07 bits per heavy atom. The van der Waals surface area contributed by atoms with Gasteiger partial charge in [-0.15, -0.1) is 0 Å². The summed E-state index contributed by atoms with van der Waals surface area (Å²) in [6, 6.07) is 11.9. The summed E-state index contributed by atoms with van der Waals surface area (Å²) >= 11 is 0. The molecule has 2 saturated heterocycles. The molecule has 2 aromatic rings. The molecule has 0 saturated carbocycles. The van der Waals surface area contributed by atoms with Crippen molar-refractivity contribution in [2.24, 2.45) is 0 Å². The van der Waals surface area contributed by atoms with Crippen molar-refractivity contribution < 1.29 is 13.2 Å². The summed E-state index contributed by atoms with van der Waals surface area (Å²) in [7, 11) is -3.63. The summed E-state index contributed by atoms with van der Waals surface area (Å²) in [5.74, 6) is -0.0119. The van der Waals surface area contributed by atoms with Crippen LogP contribution in [0.25, 0.3) is 0 Å². The first-order valence-corrected chi connectivity index (χ1v) is 11.8. The number of hydrogen-bond donors (Lipinski definition) is 1. The third kappa shape index (κ3) is 3.11. The van der Waals surface area contributed by atoms with Gasteiger partial charge in [0.15, 0.2) is 0 Å². The number of nitrogens with one attached hydrogen (secondary N) is 1. The molecule has 30 heavy (non-hydrogen) atoms. The van der Waals surface area contributed by atoms with Crippen LogP contribution in [-0.2, 0) is 14.8 Å². The number of carbonyl (C=O) groups is 1. The molecule has 2 heterocycles. The first-order chi connectivity index (χ1) is 14.2. The summed E-state index contributed by atoms with van der Waals surface area (Å²) in [6.07, 6.45) is 0.936. The van der Waals surface area contributed by atoms with Gasteiger partial charge in [-0.2, -0.15) is 4.31 Å². The largest absolute Gasteiger partial charge is 0.339 e. The lowest BCUT2D eigenvalue weighted by Gasteiger charge is -2.43. The summed E-state index contributed by atoms with van der Waals surface area (Å²) in [5, 5.41) is 2.97. The number of para-hydroxylation sites is 1. The molecule has 160 valence electrons. The van der Waals surface area contributed by atoms with Crippen LogP contribution < -0.4 is 10.2 Å². The number of benzene rings is 2. The second kappa shape index (κ2) is 7.39. The molecule has 0 atom stereocenters. The molecule has 0 unspecified atom stereocenters. The Morgan fingerprint density at radius 1 is 0.933 bits per heavy atom. The molecule has 2 aromatic carbocycles. The Balaban J connectivity index is 1.64. The molecule has 0 aromatic heterocycles. The van der Waals surface area contributed by atoms with E-state index < -0.39 is 15.6 Å². The van der Waals surface area contributed by atoms with E-state index in [4.69, 9.17) is 0 Å². The van der Waals surface area contributed by atoms with Crippen LogP contribution in [0.15, 0.2) is 41.3 Å². The zero-order valence-corrected chi connectivity index (χ0v) is 18.8. The third-order valence-electron chi connectivity index (χ3n) is 6.85. The molecule has 0 radical (unpaired) electrons. The maximum absolute atomic E-state index is 13.6. The van der Waals surface area contributed by atoms with Gasteiger partial charge in [-0.25, -0.2) is 8.42 Å². The molecular formula is C23H29N3O3S. The standard InChI is InChI=1S/C23H29N3O3S/c1-16-14-17(2)19(4)21(18(16)3)30(28,29)25-12-10-23(11-13-25)22(27)24-15-26(23)20-8-6-5-7-9-20/h5-9,14H,10-13,15H2,1-4H3,(H,24,27). The number of piperidine rings is 1. The van der Waals surface area contributed by atoms with Crippen LogP contribution in [0.4, 0.5) is 5.69 Å². The average Bonchev–Trinajstić information content (AvgIpc) is 3.03. The van der Waals surface area contributed by atoms with Crippen LogP contribution in [0.1, 0.15) is 35.1 Å². The predicted molar refractivity (Wildman–Crippen MR) is 118 cm³/mol. The number of amides is 1. The third-order valence-corrected chi connectivity index (χ3v) is 9.02. The van der Waals surface area contributed by atoms with Gasteiger partial charge in [-0.3, -0.25) is 4.79 Å². The Morgan fingerprint density at radius 2 is 1.50 bits per heavy atom. The van der Waals surface area contributed by atoms with Crippen LogP contribution in [0.5, 0.6) is 0 Å². The molecular weight excluding hydrogens is 398 g/mol. The summed E-state index contributed by atoms with van der Waals surface area (Å²) < 4.78 is 28.7. The predicted octanol–water partition coefficient (Wildman–Crippen LogP) is 3.04. The number of sulfonamides is 1. The number of anilines is 1. The highest BCUT2D eigenvalue weighted by atomic mass is 32.2. The zero-order chi connectivity index (χ0) is 21.7. The van der Waals surface area contributed by atoms with Gasteiger partial charge in [-0.05, 0) is 74.9 Å². The summed E-state index contributed by atoms with van der Waals surface area (Å²) in [6.45, 7) is 8.75. The lowest BCUT2D eigenvalue weighted by atomic mass is 9.86. The van der Waals surface area contributed by atoms with E-state index in [9.17, 15) is 13.2 Å². The molecule has 0 bridgehead atoms. The van der Waals surface area contributed by atoms with Crippen LogP contribution in [0, 0.1) is 27.7 Å². The van der Waals surface area contributed by atoms with Gasteiger partial charge in [0.05, 0.1) is 11.6 Å². The Kier molecular flexibility index (Phi) is 5.14. The van der Waals surface area contributed by atoms with E-state index in [-0.39, 0.29) is 5.91 Å². The highest BCUT2D eigenvalue weighted by Crippen LogP contribution is 2.38. The van der Waals surface area contributed by atoms with E-state index in [1.165, 1.54) is 0 Å². The minimum Gasteiger partial charge on any atom is -0.339 e. The quantitative estimate of drug-likeness (QED) is 0.818. The van der Waals surface area contributed by atoms with Gasteiger partial charge < -0.3 is 10.2 Å². The number of aryl methyl sites for hydroxylation is 2. The number of nitrogens with zero attached hydrogens (tertiary/aromatic N) is 2. The van der Waals surface area contributed by atoms with Crippen molar-refractivity contribution in [3.8, 4) is 0 Å². The fourth-order valence-corrected chi connectivity index (χ4v) is 6.84. The Bertz CT molecular complexity index is 1060. The molecule has 1 amide bonds. The van der Waals surface area contributed by atoms with Gasteiger partial charge in [0, 0.05) is 18.8 Å². The lowest BCUT2D eigenvalue weighted by molar-refractivity contribution is -0.124. The summed E-state index contributed by atoms with van der Waals surface area (Å²) in [4.78, 5) is 15.4. The van der Waals surface area contributed by atoms with Crippen LogP contribution in [-0.4, -0.2) is 43.9 Å². The molecule has 2 aliphatic heterocycles. The molecule has 6 nitrogen and oxygen atoms in total. The monoisotopic (exact) mass is 427 g/mol. The van der Waals surface area contributed by atoms with Crippen molar-refractivity contribution in [3.05, 3.63) is 58.7 Å². The molecule has 4 rings (SSSR count). The van der Waals surface area contributed by atoms with Crippen molar-refractivity contribution in [1.82, 2.24) is 9.62 Å². The first-order valence-electron chi connectivity index (χ1n) is 10.4. The second-order valence-corrected chi connectivity index (χ2v) is 10.3. The van der Waals surface area contributed by atoms with E-state index >= 15 is 0 Å². The highest BCUT2D eigenvalue weighted by molar-refractivity contribution is 7.89. The molecule has 0 aliphatic carbocycles. The van der Waals surface area contributed by atoms with E-state index in [1.54, 1.807) is 4.31 Å². The molecule has 2 fully saturated rings. The van der Waals surface area contributed by atoms with Crippen molar-refractivity contribution in [3.63, 3.8) is 0 Å². The van der Waals surface area contributed by atoms with Crippen LogP contribution in [0.2, 0.25) is 0 Å². The fourth-order valence-electron chi connectivity index (χ4n) is 4.83. The minimum atomic E-state index is -3.63. The van der Waals surface area contributed by atoms with Crippen molar-refractivity contribution in [2.75, 3.05) is 24.7 Å². The summed E-state index contributed by atoms with van der Waals surface area (Å²) in [5.41, 5.74) is 3.87. The van der Waals surface area contributed by atoms with Crippen LogP contribution in [0.3, 0.4) is 0 Å². The molecule has 7 heteroatoms. The van der Waals surface area contributed by atoms with Crippen molar-refractivity contribution in [2.45, 2.75) is 51.0 Å². The van der Waals surface area contributed by atoms with Crippen molar-refractivity contribution in [1.29, 1.82) is 0 Å². The van der Waals surface area contributed by atoms with Gasteiger partial charge >= 0.3 is 0 Å². The van der Waals surface area contributed by atoms with E-state index in [0.717, 1.165) is 27.9 Å². The number of hydrogen-bond acceptors (Lipinski definition) is 4. The van der Waals surface area contributed by atoms with E-state index in [2.05, 4.69) is 10.2 Å². The molecule has 2 aliphatic rings. The highest BCUT2D eigenvalue weighted by Gasteiger charge is 2.51. The Labute approximate surface area is 178 Å². The second-order valence-electron chi connectivity index (χ2n) is 8.45. The van der Waals surface area contributed by atoms with E-state index in [1.807, 2.05) is 64.1 Å². The average molecular weight is 428 g/mol. The fraction of sp³-hybridized carbons (Fsp3) is 0.435. The van der Waals surface area contributed by atoms with Crippen molar-refractivity contribution >= 4 is 21.6 Å². The number of carbonyl (C=O) groups excluding carboxylic acids is 1. The molecule has 1 N–H and O–H groups in total. The zero-order valence-electron chi connectivity index (χ0n) is 18.0. The normalized spacial score (nSPS) is 19.3. The SMILES string of the molecule is Cc1cc(C)c(C)c(S(=O)(=O)N2CCC3(CC2)C(=O)NCN3c2ccccc2)c1C. The number of rotatable bonds is 3. The maximum atomic E-state index is 13.6.